The highest BCUT2D eigenvalue weighted by Gasteiger charge is 2.21. The van der Waals surface area contributed by atoms with Crippen LogP contribution in [-0.4, -0.2) is 29.4 Å². The Bertz CT molecular complexity index is 486. The van der Waals surface area contributed by atoms with E-state index in [0.29, 0.717) is 12.5 Å². The molecule has 0 saturated heterocycles. The minimum atomic E-state index is -0.0758. The smallest absolute Gasteiger partial charge is 0.233 e. The highest BCUT2D eigenvalue weighted by Crippen LogP contribution is 2.19. The average Bonchev–Trinajstić information content (AvgIpc) is 2.45. The Morgan fingerprint density at radius 3 is 2.32 bits per heavy atom. The van der Waals surface area contributed by atoms with Crippen molar-refractivity contribution in [1.82, 2.24) is 5.32 Å². The zero-order valence-electron chi connectivity index (χ0n) is 13.8. The highest BCUT2D eigenvalue weighted by atomic mass is 32.2. The number of thioether (sulfide) groups is 1. The molecule has 0 bridgehead atoms. The summed E-state index contributed by atoms with van der Waals surface area (Å²) in [7, 11) is 0. The van der Waals surface area contributed by atoms with Crippen LogP contribution in [0.25, 0.3) is 0 Å². The summed E-state index contributed by atoms with van der Waals surface area (Å²) in [6.45, 7) is 8.35. The van der Waals surface area contributed by atoms with E-state index in [9.17, 15) is 9.59 Å². The van der Waals surface area contributed by atoms with Crippen LogP contribution < -0.4 is 10.6 Å². The van der Waals surface area contributed by atoms with Crippen LogP contribution in [0.2, 0.25) is 0 Å². The number of carbonyl (C=O) groups is 2. The molecule has 0 spiro atoms. The van der Waals surface area contributed by atoms with Gasteiger partial charge in [0, 0.05) is 19.2 Å². The monoisotopic (exact) mass is 322 g/mol. The molecule has 0 aliphatic heterocycles. The van der Waals surface area contributed by atoms with Gasteiger partial charge in [0.25, 0.3) is 0 Å². The van der Waals surface area contributed by atoms with Gasteiger partial charge in [0.1, 0.15) is 0 Å². The molecule has 0 aliphatic rings. The molecular weight excluding hydrogens is 296 g/mol. The van der Waals surface area contributed by atoms with Crippen molar-refractivity contribution in [2.75, 3.05) is 17.6 Å². The molecule has 0 aromatic heterocycles. The van der Waals surface area contributed by atoms with E-state index in [4.69, 9.17) is 0 Å². The van der Waals surface area contributed by atoms with E-state index in [0.717, 1.165) is 23.4 Å². The molecule has 1 rings (SSSR count). The van der Waals surface area contributed by atoms with Crippen LogP contribution in [-0.2, 0) is 16.0 Å². The first-order valence-electron chi connectivity index (χ1n) is 7.69. The van der Waals surface area contributed by atoms with E-state index < -0.39 is 0 Å². The van der Waals surface area contributed by atoms with E-state index in [1.54, 1.807) is 11.8 Å². The molecule has 0 saturated carbocycles. The topological polar surface area (TPSA) is 58.2 Å². The Kier molecular flexibility index (Phi) is 8.02. The summed E-state index contributed by atoms with van der Waals surface area (Å²) in [4.78, 5) is 23.1. The first-order valence-corrected chi connectivity index (χ1v) is 8.74. The maximum Gasteiger partial charge on any atom is 0.233 e. The molecule has 0 radical (unpaired) electrons. The molecule has 22 heavy (non-hydrogen) atoms. The third-order valence-corrected chi connectivity index (χ3v) is 4.65. The zero-order valence-corrected chi connectivity index (χ0v) is 14.6. The number of hydrogen-bond donors (Lipinski definition) is 2. The summed E-state index contributed by atoms with van der Waals surface area (Å²) in [5, 5.41) is 5.77. The normalized spacial score (nSPS) is 12.0. The van der Waals surface area contributed by atoms with Crippen molar-refractivity contribution >= 4 is 29.3 Å². The quantitative estimate of drug-likeness (QED) is 0.773. The fourth-order valence-corrected chi connectivity index (χ4v) is 3.12. The molecule has 4 nitrogen and oxygen atoms in total. The molecule has 122 valence electrons. The molecule has 2 N–H and O–H groups in total. The minimum absolute atomic E-state index is 0.0205. The Hall–Kier alpha value is -1.49. The van der Waals surface area contributed by atoms with E-state index in [2.05, 4.69) is 31.4 Å². The number of anilines is 1. The van der Waals surface area contributed by atoms with E-state index in [-0.39, 0.29) is 17.1 Å². The number of rotatable bonds is 8. The maximum absolute atomic E-state index is 12.2. The van der Waals surface area contributed by atoms with Crippen molar-refractivity contribution in [1.29, 1.82) is 0 Å². The Morgan fingerprint density at radius 2 is 1.82 bits per heavy atom. The van der Waals surface area contributed by atoms with Crippen molar-refractivity contribution < 1.29 is 9.59 Å². The van der Waals surface area contributed by atoms with E-state index in [1.165, 1.54) is 6.92 Å². The second-order valence-electron chi connectivity index (χ2n) is 5.54. The lowest BCUT2D eigenvalue weighted by molar-refractivity contribution is -0.121. The van der Waals surface area contributed by atoms with Crippen LogP contribution in [0.1, 0.15) is 33.3 Å². The van der Waals surface area contributed by atoms with Gasteiger partial charge in [-0.1, -0.05) is 32.9 Å². The van der Waals surface area contributed by atoms with E-state index >= 15 is 0 Å². The minimum Gasteiger partial charge on any atom is -0.355 e. The SMILES string of the molecule is CCSC(C(=O)NCCc1ccc(NC(C)=O)cc1)C(C)C. The van der Waals surface area contributed by atoms with Crippen LogP contribution in [0, 0.1) is 5.92 Å². The summed E-state index contributed by atoms with van der Waals surface area (Å²) in [6.07, 6.45) is 0.785. The van der Waals surface area contributed by atoms with Crippen LogP contribution in [0.3, 0.4) is 0 Å². The Morgan fingerprint density at radius 1 is 1.18 bits per heavy atom. The zero-order chi connectivity index (χ0) is 16.5. The van der Waals surface area contributed by atoms with Gasteiger partial charge < -0.3 is 10.6 Å². The third-order valence-electron chi connectivity index (χ3n) is 3.20. The predicted octanol–water partition coefficient (Wildman–Crippen LogP) is 3.08. The van der Waals surface area contributed by atoms with Gasteiger partial charge in [-0.15, -0.1) is 11.8 Å². The van der Waals surface area contributed by atoms with Gasteiger partial charge in [-0.05, 0) is 35.8 Å². The number of amides is 2. The molecule has 5 heteroatoms. The summed E-state index contributed by atoms with van der Waals surface area (Å²) in [5.74, 6) is 1.33. The van der Waals surface area contributed by atoms with Gasteiger partial charge in [0.05, 0.1) is 5.25 Å². The van der Waals surface area contributed by atoms with Gasteiger partial charge in [-0.3, -0.25) is 9.59 Å². The second kappa shape index (κ2) is 9.51. The molecule has 1 unspecified atom stereocenters. The van der Waals surface area contributed by atoms with Gasteiger partial charge in [-0.25, -0.2) is 0 Å². The molecule has 0 fully saturated rings. The first-order chi connectivity index (χ1) is 10.4. The van der Waals surface area contributed by atoms with Gasteiger partial charge in [0.2, 0.25) is 11.8 Å². The van der Waals surface area contributed by atoms with Crippen molar-refractivity contribution in [3.05, 3.63) is 29.8 Å². The molecular formula is C17H26N2O2S. The van der Waals surface area contributed by atoms with Crippen LogP contribution in [0.15, 0.2) is 24.3 Å². The van der Waals surface area contributed by atoms with Gasteiger partial charge in [0.15, 0.2) is 0 Å². The standard InChI is InChI=1S/C17H26N2O2S/c1-5-22-16(12(2)3)17(21)18-11-10-14-6-8-15(9-7-14)19-13(4)20/h6-9,12,16H,5,10-11H2,1-4H3,(H,18,21)(H,19,20). The average molecular weight is 322 g/mol. The van der Waals surface area contributed by atoms with Crippen LogP contribution in [0.5, 0.6) is 0 Å². The molecule has 2 amide bonds. The number of benzene rings is 1. The lowest BCUT2D eigenvalue weighted by atomic mass is 10.1. The second-order valence-corrected chi connectivity index (χ2v) is 6.96. The fourth-order valence-electron chi connectivity index (χ4n) is 2.14. The maximum atomic E-state index is 12.2. The van der Waals surface area contributed by atoms with Crippen LogP contribution in [0.4, 0.5) is 5.69 Å². The summed E-state index contributed by atoms with van der Waals surface area (Å²) >= 11 is 1.69. The van der Waals surface area contributed by atoms with E-state index in [1.807, 2.05) is 24.3 Å². The van der Waals surface area contributed by atoms with Crippen LogP contribution >= 0.6 is 11.8 Å². The van der Waals surface area contributed by atoms with Crippen molar-refractivity contribution in [3.8, 4) is 0 Å². The lowest BCUT2D eigenvalue weighted by Gasteiger charge is -2.19. The summed E-state index contributed by atoms with van der Waals surface area (Å²) in [5.41, 5.74) is 1.93. The molecule has 0 aliphatic carbocycles. The van der Waals surface area contributed by atoms with Gasteiger partial charge >= 0.3 is 0 Å². The molecule has 1 aromatic rings. The predicted molar refractivity (Wildman–Crippen MR) is 94.2 cm³/mol. The van der Waals surface area contributed by atoms with Gasteiger partial charge in [-0.2, -0.15) is 0 Å². The fraction of sp³-hybridized carbons (Fsp3) is 0.529. The lowest BCUT2D eigenvalue weighted by Crippen LogP contribution is -2.37. The number of carbonyl (C=O) groups excluding carboxylic acids is 2. The Labute approximate surface area is 137 Å². The van der Waals surface area contributed by atoms with Crippen molar-refractivity contribution in [2.24, 2.45) is 5.92 Å². The summed E-state index contributed by atoms with van der Waals surface area (Å²) in [6, 6.07) is 7.70. The Balaban J connectivity index is 2.43. The summed E-state index contributed by atoms with van der Waals surface area (Å²) < 4.78 is 0. The first kappa shape index (κ1) is 18.6. The third kappa shape index (κ3) is 6.52. The highest BCUT2D eigenvalue weighted by molar-refractivity contribution is 8.00. The largest absolute Gasteiger partial charge is 0.355 e. The molecule has 1 atom stereocenters. The van der Waals surface area contributed by atoms with Crippen molar-refractivity contribution in [3.63, 3.8) is 0 Å². The van der Waals surface area contributed by atoms with Crippen molar-refractivity contribution in [2.45, 2.75) is 39.4 Å². The number of nitrogens with one attached hydrogen (secondary N) is 2. The number of hydrogen-bond acceptors (Lipinski definition) is 3. The molecule has 1 aromatic carbocycles. The molecule has 0 heterocycles.